The molecule has 0 aromatic heterocycles. The van der Waals surface area contributed by atoms with Gasteiger partial charge in [-0.25, -0.2) is 0 Å². The summed E-state index contributed by atoms with van der Waals surface area (Å²) < 4.78 is 0. The Bertz CT molecular complexity index is 697. The number of hydrogen-bond donors (Lipinski definition) is 0. The molecule has 0 amide bonds. The third-order valence-electron chi connectivity index (χ3n) is 4.16. The van der Waals surface area contributed by atoms with Gasteiger partial charge in [-0.3, -0.25) is 0 Å². The van der Waals surface area contributed by atoms with E-state index in [1.165, 1.54) is 24.1 Å². The number of benzene rings is 2. The molecule has 0 aliphatic carbocycles. The second kappa shape index (κ2) is 6.49. The molecule has 1 heterocycles. The van der Waals surface area contributed by atoms with Crippen molar-refractivity contribution in [2.45, 2.75) is 19.8 Å². The molecule has 1 aliphatic heterocycles. The fourth-order valence-corrected chi connectivity index (χ4v) is 2.84. The van der Waals surface area contributed by atoms with E-state index in [0.29, 0.717) is 5.57 Å². The van der Waals surface area contributed by atoms with Crippen LogP contribution in [-0.4, -0.2) is 13.1 Å². The number of aryl methyl sites for hydroxylation is 1. The summed E-state index contributed by atoms with van der Waals surface area (Å²) in [5, 5.41) is 9.41. The van der Waals surface area contributed by atoms with E-state index in [-0.39, 0.29) is 0 Å². The van der Waals surface area contributed by atoms with Crippen molar-refractivity contribution in [1.82, 2.24) is 0 Å². The molecule has 1 fully saturated rings. The van der Waals surface area contributed by atoms with Gasteiger partial charge in [-0.2, -0.15) is 5.26 Å². The van der Waals surface area contributed by atoms with Gasteiger partial charge in [-0.05, 0) is 49.1 Å². The molecule has 110 valence electrons. The van der Waals surface area contributed by atoms with Gasteiger partial charge in [0.15, 0.2) is 0 Å². The molecule has 22 heavy (non-hydrogen) atoms. The van der Waals surface area contributed by atoms with Gasteiger partial charge in [-0.15, -0.1) is 0 Å². The maximum Gasteiger partial charge on any atom is 0.0998 e. The van der Waals surface area contributed by atoms with Crippen LogP contribution in [0.3, 0.4) is 0 Å². The Hall–Kier alpha value is -2.53. The average molecular weight is 288 g/mol. The van der Waals surface area contributed by atoms with Crippen molar-refractivity contribution in [1.29, 1.82) is 5.26 Å². The maximum absolute atomic E-state index is 9.41. The Morgan fingerprint density at radius 1 is 1.00 bits per heavy atom. The van der Waals surface area contributed by atoms with Crippen molar-refractivity contribution in [2.24, 2.45) is 0 Å². The predicted octanol–water partition coefficient (Wildman–Crippen LogP) is 4.66. The second-order valence-corrected chi connectivity index (χ2v) is 5.82. The smallest absolute Gasteiger partial charge is 0.0998 e. The Kier molecular flexibility index (Phi) is 4.25. The van der Waals surface area contributed by atoms with E-state index in [9.17, 15) is 5.26 Å². The van der Waals surface area contributed by atoms with Crippen LogP contribution in [0, 0.1) is 18.3 Å². The fraction of sp³-hybridized carbons (Fsp3) is 0.250. The van der Waals surface area contributed by atoms with E-state index in [4.69, 9.17) is 0 Å². The topological polar surface area (TPSA) is 27.0 Å². The van der Waals surface area contributed by atoms with Crippen molar-refractivity contribution in [2.75, 3.05) is 18.0 Å². The normalized spacial score (nSPS) is 14.9. The van der Waals surface area contributed by atoms with Crippen LogP contribution < -0.4 is 4.90 Å². The zero-order valence-electron chi connectivity index (χ0n) is 12.9. The number of nitriles is 1. The van der Waals surface area contributed by atoms with Crippen LogP contribution >= 0.6 is 0 Å². The number of hydrogen-bond acceptors (Lipinski definition) is 2. The Balaban J connectivity index is 1.83. The molecule has 0 N–H and O–H groups in total. The summed E-state index contributed by atoms with van der Waals surface area (Å²) in [6.07, 6.45) is 4.53. The molecule has 0 unspecified atom stereocenters. The van der Waals surface area contributed by atoms with Crippen LogP contribution in [-0.2, 0) is 0 Å². The third-order valence-corrected chi connectivity index (χ3v) is 4.16. The summed E-state index contributed by atoms with van der Waals surface area (Å²) in [7, 11) is 0. The quantitative estimate of drug-likeness (QED) is 0.606. The Labute approximate surface area is 132 Å². The van der Waals surface area contributed by atoms with Gasteiger partial charge in [0.2, 0.25) is 0 Å². The maximum atomic E-state index is 9.41. The summed E-state index contributed by atoms with van der Waals surface area (Å²) in [5.74, 6) is 0. The first kappa shape index (κ1) is 14.4. The highest BCUT2D eigenvalue weighted by Crippen LogP contribution is 2.23. The monoisotopic (exact) mass is 288 g/mol. The van der Waals surface area contributed by atoms with Crippen molar-refractivity contribution in [3.63, 3.8) is 0 Å². The van der Waals surface area contributed by atoms with Gasteiger partial charge in [-0.1, -0.05) is 42.0 Å². The first-order valence-corrected chi connectivity index (χ1v) is 7.80. The third kappa shape index (κ3) is 3.20. The van der Waals surface area contributed by atoms with Crippen molar-refractivity contribution < 1.29 is 0 Å². The van der Waals surface area contributed by atoms with Crippen LogP contribution in [0.2, 0.25) is 0 Å². The minimum absolute atomic E-state index is 0.703. The number of allylic oxidation sites excluding steroid dienone is 1. The highest BCUT2D eigenvalue weighted by molar-refractivity contribution is 5.89. The van der Waals surface area contributed by atoms with Crippen LogP contribution in [0.4, 0.5) is 5.69 Å². The molecular formula is C20H20N2. The van der Waals surface area contributed by atoms with Crippen LogP contribution in [0.1, 0.15) is 29.5 Å². The first-order valence-electron chi connectivity index (χ1n) is 7.80. The number of nitrogens with zero attached hydrogens (tertiary/aromatic N) is 2. The SMILES string of the molecule is Cc1ccc(/C(C#N)=C\c2ccc(N3CCCC3)cc2)cc1. The Morgan fingerprint density at radius 2 is 1.64 bits per heavy atom. The highest BCUT2D eigenvalue weighted by Gasteiger charge is 2.11. The second-order valence-electron chi connectivity index (χ2n) is 5.82. The van der Waals surface area contributed by atoms with Gasteiger partial charge in [0.1, 0.15) is 0 Å². The highest BCUT2D eigenvalue weighted by atomic mass is 15.1. The molecule has 0 radical (unpaired) electrons. The van der Waals surface area contributed by atoms with E-state index in [0.717, 1.165) is 24.2 Å². The lowest BCUT2D eigenvalue weighted by molar-refractivity contribution is 0.949. The zero-order chi connectivity index (χ0) is 15.4. The zero-order valence-corrected chi connectivity index (χ0v) is 12.9. The molecule has 0 spiro atoms. The van der Waals surface area contributed by atoms with E-state index in [2.05, 4.69) is 42.2 Å². The average Bonchev–Trinajstić information content (AvgIpc) is 3.09. The van der Waals surface area contributed by atoms with Gasteiger partial charge in [0.05, 0.1) is 11.6 Å². The summed E-state index contributed by atoms with van der Waals surface area (Å²) >= 11 is 0. The molecule has 2 heteroatoms. The van der Waals surface area contributed by atoms with Crippen molar-refractivity contribution in [3.8, 4) is 6.07 Å². The van der Waals surface area contributed by atoms with Crippen molar-refractivity contribution >= 4 is 17.3 Å². The summed E-state index contributed by atoms with van der Waals surface area (Å²) in [6, 6.07) is 18.9. The number of rotatable bonds is 3. The lowest BCUT2D eigenvalue weighted by Crippen LogP contribution is -2.17. The van der Waals surface area contributed by atoms with E-state index < -0.39 is 0 Å². The van der Waals surface area contributed by atoms with E-state index in [1.807, 2.05) is 30.3 Å². The molecule has 2 aromatic carbocycles. The van der Waals surface area contributed by atoms with Gasteiger partial charge >= 0.3 is 0 Å². The van der Waals surface area contributed by atoms with Gasteiger partial charge in [0, 0.05) is 18.8 Å². The molecule has 0 atom stereocenters. The minimum Gasteiger partial charge on any atom is -0.372 e. The van der Waals surface area contributed by atoms with Gasteiger partial charge < -0.3 is 4.90 Å². The largest absolute Gasteiger partial charge is 0.372 e. The summed E-state index contributed by atoms with van der Waals surface area (Å²) in [4.78, 5) is 2.42. The van der Waals surface area contributed by atoms with Crippen LogP contribution in [0.15, 0.2) is 48.5 Å². The summed E-state index contributed by atoms with van der Waals surface area (Å²) in [5.41, 5.74) is 5.23. The van der Waals surface area contributed by atoms with Crippen molar-refractivity contribution in [3.05, 3.63) is 65.2 Å². The lowest BCUT2D eigenvalue weighted by Gasteiger charge is -2.17. The minimum atomic E-state index is 0.703. The fourth-order valence-electron chi connectivity index (χ4n) is 2.84. The predicted molar refractivity (Wildman–Crippen MR) is 92.6 cm³/mol. The standard InChI is InChI=1S/C20H20N2/c1-16-4-8-18(9-5-16)19(15-21)14-17-6-10-20(11-7-17)22-12-2-3-13-22/h4-11,14H,2-3,12-13H2,1H3/b19-14-. The Morgan fingerprint density at radius 3 is 2.23 bits per heavy atom. The summed E-state index contributed by atoms with van der Waals surface area (Å²) in [6.45, 7) is 4.36. The molecule has 0 saturated carbocycles. The molecule has 2 nitrogen and oxygen atoms in total. The lowest BCUT2D eigenvalue weighted by atomic mass is 10.0. The molecule has 1 aliphatic rings. The van der Waals surface area contributed by atoms with E-state index in [1.54, 1.807) is 0 Å². The van der Waals surface area contributed by atoms with Crippen LogP contribution in [0.5, 0.6) is 0 Å². The van der Waals surface area contributed by atoms with E-state index >= 15 is 0 Å². The van der Waals surface area contributed by atoms with Gasteiger partial charge in [0.25, 0.3) is 0 Å². The molecule has 0 bridgehead atoms. The molecule has 1 saturated heterocycles. The molecule has 2 aromatic rings. The first-order chi connectivity index (χ1) is 10.8. The molecular weight excluding hydrogens is 268 g/mol. The molecule has 3 rings (SSSR count). The number of anilines is 1. The van der Waals surface area contributed by atoms with Crippen LogP contribution in [0.25, 0.3) is 11.6 Å².